The van der Waals surface area contributed by atoms with Gasteiger partial charge in [0.05, 0.1) is 15.9 Å². The zero-order valence-electron chi connectivity index (χ0n) is 18.3. The fourth-order valence-electron chi connectivity index (χ4n) is 4.19. The van der Waals surface area contributed by atoms with Gasteiger partial charge < -0.3 is 11.5 Å². The Kier molecular flexibility index (Phi) is 5.46. The number of nitrogens with one attached hydrogen (secondary N) is 2. The molecule has 0 fully saturated rings. The summed E-state index contributed by atoms with van der Waals surface area (Å²) in [6.07, 6.45) is 0. The summed E-state index contributed by atoms with van der Waals surface area (Å²) in [4.78, 5) is 0.0464. The van der Waals surface area contributed by atoms with E-state index in [9.17, 15) is 8.42 Å². The number of fused-ring (bicyclic) bond motifs is 3. The maximum atomic E-state index is 13.9. The van der Waals surface area contributed by atoms with Gasteiger partial charge in [-0.3, -0.25) is 10.8 Å². The van der Waals surface area contributed by atoms with Gasteiger partial charge in [0, 0.05) is 26.4 Å². The summed E-state index contributed by atoms with van der Waals surface area (Å²) in [6, 6.07) is 24.5. The molecule has 6 N–H and O–H groups in total. The SMILES string of the molecule is N=C(N)c1cccc(-c2ccc3c(c2)c2cc(Br)ccc2n3S(=O)(=O)c2cccc(C(=N)N)c2)c1. The van der Waals surface area contributed by atoms with Gasteiger partial charge in [0.15, 0.2) is 0 Å². The first-order valence-electron chi connectivity index (χ1n) is 10.6. The first-order chi connectivity index (χ1) is 16.7. The number of hydrogen-bond acceptors (Lipinski definition) is 4. The van der Waals surface area contributed by atoms with E-state index in [2.05, 4.69) is 15.9 Å². The highest BCUT2D eigenvalue weighted by atomic mass is 79.9. The van der Waals surface area contributed by atoms with Crippen molar-refractivity contribution in [3.8, 4) is 11.1 Å². The Bertz CT molecular complexity index is 1790. The number of rotatable bonds is 5. The number of halogens is 1. The number of aromatic nitrogens is 1. The molecule has 0 atom stereocenters. The largest absolute Gasteiger partial charge is 0.384 e. The molecule has 7 nitrogen and oxygen atoms in total. The lowest BCUT2D eigenvalue weighted by atomic mass is 10.0. The molecule has 4 aromatic carbocycles. The van der Waals surface area contributed by atoms with Gasteiger partial charge in [-0.25, -0.2) is 12.4 Å². The van der Waals surface area contributed by atoms with Gasteiger partial charge in [0.1, 0.15) is 11.7 Å². The molecule has 0 aliphatic heterocycles. The molecule has 5 aromatic rings. The average molecular weight is 546 g/mol. The Morgan fingerprint density at radius 2 is 1.29 bits per heavy atom. The molecular formula is C26H20BrN5O2S. The van der Waals surface area contributed by atoms with Crippen LogP contribution in [0.4, 0.5) is 0 Å². The van der Waals surface area contributed by atoms with Crippen LogP contribution in [0.2, 0.25) is 0 Å². The third-order valence-corrected chi connectivity index (χ3v) is 8.09. The van der Waals surface area contributed by atoms with Crippen LogP contribution in [0.15, 0.2) is 94.3 Å². The Hall–Kier alpha value is -3.95. The molecule has 0 radical (unpaired) electrons. The molecule has 35 heavy (non-hydrogen) atoms. The van der Waals surface area contributed by atoms with Crippen LogP contribution in [0.25, 0.3) is 32.9 Å². The Balaban J connectivity index is 1.79. The van der Waals surface area contributed by atoms with Crippen LogP contribution in [0.3, 0.4) is 0 Å². The molecule has 0 saturated carbocycles. The molecule has 9 heteroatoms. The quantitative estimate of drug-likeness (QED) is 0.181. The van der Waals surface area contributed by atoms with Crippen LogP contribution < -0.4 is 11.5 Å². The molecule has 0 amide bonds. The van der Waals surface area contributed by atoms with Crippen LogP contribution in [0.1, 0.15) is 11.1 Å². The maximum absolute atomic E-state index is 13.9. The summed E-state index contributed by atoms with van der Waals surface area (Å²) in [5.74, 6) is -0.224. The first kappa shape index (κ1) is 22.8. The summed E-state index contributed by atoms with van der Waals surface area (Å²) in [5, 5.41) is 17.0. The monoisotopic (exact) mass is 545 g/mol. The molecule has 0 unspecified atom stereocenters. The fourth-order valence-corrected chi connectivity index (χ4v) is 6.13. The topological polar surface area (TPSA) is 139 Å². The van der Waals surface area contributed by atoms with E-state index in [0.29, 0.717) is 22.2 Å². The maximum Gasteiger partial charge on any atom is 0.268 e. The summed E-state index contributed by atoms with van der Waals surface area (Å²) in [6.45, 7) is 0. The smallest absolute Gasteiger partial charge is 0.268 e. The number of benzene rings is 4. The van der Waals surface area contributed by atoms with E-state index in [1.165, 1.54) is 16.1 Å². The molecule has 0 bridgehead atoms. The number of nitrogens with two attached hydrogens (primary N) is 2. The van der Waals surface area contributed by atoms with Crippen molar-refractivity contribution < 1.29 is 8.42 Å². The van der Waals surface area contributed by atoms with Crippen LogP contribution >= 0.6 is 15.9 Å². The second-order valence-corrected chi connectivity index (χ2v) is 10.8. The lowest BCUT2D eigenvalue weighted by Gasteiger charge is -2.11. The lowest BCUT2D eigenvalue weighted by molar-refractivity contribution is 0.590. The van der Waals surface area contributed by atoms with Crippen molar-refractivity contribution in [1.82, 2.24) is 3.97 Å². The van der Waals surface area contributed by atoms with Gasteiger partial charge in [-0.15, -0.1) is 0 Å². The van der Waals surface area contributed by atoms with Crippen molar-refractivity contribution >= 4 is 59.4 Å². The molecule has 1 heterocycles. The minimum Gasteiger partial charge on any atom is -0.384 e. The molecule has 0 aliphatic carbocycles. The van der Waals surface area contributed by atoms with E-state index in [1.54, 1.807) is 36.4 Å². The number of amidine groups is 2. The first-order valence-corrected chi connectivity index (χ1v) is 12.8. The number of hydrogen-bond donors (Lipinski definition) is 4. The van der Waals surface area contributed by atoms with Gasteiger partial charge in [-0.1, -0.05) is 52.3 Å². The zero-order chi connectivity index (χ0) is 24.9. The van der Waals surface area contributed by atoms with E-state index < -0.39 is 10.0 Å². The second-order valence-electron chi connectivity index (χ2n) is 8.10. The van der Waals surface area contributed by atoms with Crippen molar-refractivity contribution in [2.75, 3.05) is 0 Å². The summed E-state index contributed by atoms with van der Waals surface area (Å²) in [5.41, 5.74) is 15.0. The zero-order valence-corrected chi connectivity index (χ0v) is 20.7. The Labute approximate surface area is 210 Å². The molecule has 0 saturated heterocycles. The van der Waals surface area contributed by atoms with Gasteiger partial charge >= 0.3 is 0 Å². The highest BCUT2D eigenvalue weighted by Crippen LogP contribution is 2.36. The van der Waals surface area contributed by atoms with Crippen LogP contribution in [0.5, 0.6) is 0 Å². The van der Waals surface area contributed by atoms with E-state index in [1.807, 2.05) is 36.4 Å². The normalized spacial score (nSPS) is 11.7. The Morgan fingerprint density at radius 3 is 1.97 bits per heavy atom. The van der Waals surface area contributed by atoms with Crippen LogP contribution in [0, 0.1) is 10.8 Å². The summed E-state index contributed by atoms with van der Waals surface area (Å²) in [7, 11) is -4.01. The Morgan fingerprint density at radius 1 is 0.714 bits per heavy atom. The average Bonchev–Trinajstić information content (AvgIpc) is 3.17. The molecule has 174 valence electrons. The van der Waals surface area contributed by atoms with Crippen LogP contribution in [-0.4, -0.2) is 24.1 Å². The lowest BCUT2D eigenvalue weighted by Crippen LogP contribution is -2.15. The van der Waals surface area contributed by atoms with Crippen molar-refractivity contribution in [2.45, 2.75) is 4.90 Å². The highest BCUT2D eigenvalue weighted by molar-refractivity contribution is 9.10. The molecule has 1 aromatic heterocycles. The van der Waals surface area contributed by atoms with Crippen molar-refractivity contribution in [1.29, 1.82) is 10.8 Å². The van der Waals surface area contributed by atoms with E-state index in [-0.39, 0.29) is 16.6 Å². The van der Waals surface area contributed by atoms with E-state index in [0.717, 1.165) is 26.4 Å². The van der Waals surface area contributed by atoms with Gasteiger partial charge in [0.25, 0.3) is 10.0 Å². The standard InChI is InChI=1S/C26H20BrN5O2S/c27-19-8-10-24-22(14-19)21-13-16(15-3-1-4-17(11-15)25(28)29)7-9-23(21)32(24)35(33,34)20-6-2-5-18(12-20)26(30)31/h1-14H,(H3,28,29)(H3,30,31). The fraction of sp³-hybridized carbons (Fsp3) is 0. The van der Waals surface area contributed by atoms with Gasteiger partial charge in [-0.2, -0.15) is 0 Å². The number of nitrogens with zero attached hydrogens (tertiary/aromatic N) is 1. The third kappa shape index (κ3) is 3.88. The molecule has 5 rings (SSSR count). The molecule has 0 spiro atoms. The molecule has 0 aliphatic rings. The minimum atomic E-state index is -4.01. The summed E-state index contributed by atoms with van der Waals surface area (Å²) >= 11 is 3.50. The summed E-state index contributed by atoms with van der Waals surface area (Å²) < 4.78 is 29.9. The second kappa shape index (κ2) is 8.37. The number of nitrogen functional groups attached to an aromatic ring is 2. The molecular weight excluding hydrogens is 526 g/mol. The van der Waals surface area contributed by atoms with Gasteiger partial charge in [0.2, 0.25) is 0 Å². The predicted molar refractivity (Wildman–Crippen MR) is 144 cm³/mol. The van der Waals surface area contributed by atoms with E-state index in [4.69, 9.17) is 22.3 Å². The van der Waals surface area contributed by atoms with Crippen molar-refractivity contribution in [3.63, 3.8) is 0 Å². The van der Waals surface area contributed by atoms with Crippen LogP contribution in [-0.2, 0) is 10.0 Å². The highest BCUT2D eigenvalue weighted by Gasteiger charge is 2.24. The third-order valence-electron chi connectivity index (χ3n) is 5.87. The van der Waals surface area contributed by atoms with Gasteiger partial charge in [-0.05, 0) is 59.7 Å². The van der Waals surface area contributed by atoms with E-state index >= 15 is 0 Å². The predicted octanol–water partition coefficient (Wildman–Crippen LogP) is 5.03. The minimum absolute atomic E-state index is 0.0210. The van der Waals surface area contributed by atoms with Crippen molar-refractivity contribution in [3.05, 3.63) is 101 Å². The van der Waals surface area contributed by atoms with Crippen molar-refractivity contribution in [2.24, 2.45) is 11.5 Å².